The third-order valence-corrected chi connectivity index (χ3v) is 4.54. The van der Waals surface area contributed by atoms with E-state index in [0.717, 1.165) is 12.0 Å². The van der Waals surface area contributed by atoms with Crippen LogP contribution in [0.2, 0.25) is 5.02 Å². The molecule has 1 saturated carbocycles. The molecule has 1 amide bonds. The first-order valence-electron chi connectivity index (χ1n) is 7.99. The molecule has 0 spiro atoms. The Bertz CT molecular complexity index is 604. The number of carbonyl (C=O) groups excluding carboxylic acids is 1. The molecule has 23 heavy (non-hydrogen) atoms. The number of halogens is 1. The molecule has 2 N–H and O–H groups in total. The van der Waals surface area contributed by atoms with Crippen LogP contribution in [0, 0.1) is 17.2 Å². The number of amides is 1. The zero-order valence-corrected chi connectivity index (χ0v) is 14.1. The number of benzene rings is 1. The topological polar surface area (TPSA) is 64.9 Å². The van der Waals surface area contributed by atoms with Gasteiger partial charge in [-0.1, -0.05) is 43.5 Å². The van der Waals surface area contributed by atoms with Crippen LogP contribution < -0.4 is 10.6 Å². The van der Waals surface area contributed by atoms with Crippen LogP contribution in [0.1, 0.15) is 38.2 Å². The molecule has 2 atom stereocenters. The second kappa shape index (κ2) is 8.59. The Hall–Kier alpha value is -1.99. The van der Waals surface area contributed by atoms with Gasteiger partial charge in [0.25, 0.3) is 5.91 Å². The van der Waals surface area contributed by atoms with E-state index in [0.29, 0.717) is 23.5 Å². The van der Waals surface area contributed by atoms with Gasteiger partial charge in [0.2, 0.25) is 0 Å². The van der Waals surface area contributed by atoms with E-state index in [-0.39, 0.29) is 11.5 Å². The Balaban J connectivity index is 1.88. The number of carbonyl (C=O) groups is 1. The maximum atomic E-state index is 12.1. The average Bonchev–Trinajstić information content (AvgIpc) is 2.56. The third kappa shape index (κ3) is 5.30. The molecule has 4 nitrogen and oxygen atoms in total. The number of nitrogens with zero attached hydrogens (tertiary/aromatic N) is 1. The zero-order chi connectivity index (χ0) is 16.7. The lowest BCUT2D eigenvalue weighted by molar-refractivity contribution is -0.117. The van der Waals surface area contributed by atoms with Crippen LogP contribution in [0.3, 0.4) is 0 Å². The molecule has 1 aliphatic carbocycles. The molecule has 0 heterocycles. The van der Waals surface area contributed by atoms with Crippen LogP contribution >= 0.6 is 11.6 Å². The zero-order valence-electron chi connectivity index (χ0n) is 13.3. The largest absolute Gasteiger partial charge is 0.387 e. The van der Waals surface area contributed by atoms with Crippen molar-refractivity contribution in [1.82, 2.24) is 10.6 Å². The van der Waals surface area contributed by atoms with Gasteiger partial charge in [0.15, 0.2) is 0 Å². The second-order valence-corrected chi connectivity index (χ2v) is 6.45. The van der Waals surface area contributed by atoms with Crippen molar-refractivity contribution in [2.75, 3.05) is 0 Å². The molecular formula is C18H22ClN3O. The van der Waals surface area contributed by atoms with Crippen molar-refractivity contribution in [3.05, 3.63) is 46.6 Å². The summed E-state index contributed by atoms with van der Waals surface area (Å²) in [6, 6.07) is 9.55. The highest BCUT2D eigenvalue weighted by Gasteiger charge is 2.20. The fourth-order valence-electron chi connectivity index (χ4n) is 2.78. The maximum Gasteiger partial charge on any atom is 0.263 e. The van der Waals surface area contributed by atoms with E-state index in [2.05, 4.69) is 17.6 Å². The molecule has 0 aliphatic heterocycles. The summed E-state index contributed by atoms with van der Waals surface area (Å²) < 4.78 is 0. The molecule has 0 radical (unpaired) electrons. The minimum atomic E-state index is -0.363. The average molecular weight is 332 g/mol. The maximum absolute atomic E-state index is 12.1. The van der Waals surface area contributed by atoms with Gasteiger partial charge in [0.1, 0.15) is 11.6 Å². The number of nitriles is 1. The van der Waals surface area contributed by atoms with Crippen LogP contribution in [-0.2, 0) is 11.3 Å². The summed E-state index contributed by atoms with van der Waals surface area (Å²) in [6.45, 7) is 2.58. The third-order valence-electron chi connectivity index (χ3n) is 4.28. The summed E-state index contributed by atoms with van der Waals surface area (Å²) in [5.74, 6) is 0.204. The fourth-order valence-corrected chi connectivity index (χ4v) is 2.91. The minimum Gasteiger partial charge on any atom is -0.387 e. The number of rotatable bonds is 5. The normalized spacial score (nSPS) is 21.3. The van der Waals surface area contributed by atoms with Crippen LogP contribution in [0.4, 0.5) is 0 Å². The first-order valence-corrected chi connectivity index (χ1v) is 8.37. The molecule has 2 unspecified atom stereocenters. The highest BCUT2D eigenvalue weighted by atomic mass is 35.5. The first kappa shape index (κ1) is 17.4. The van der Waals surface area contributed by atoms with Gasteiger partial charge >= 0.3 is 0 Å². The van der Waals surface area contributed by atoms with Gasteiger partial charge in [-0.15, -0.1) is 0 Å². The minimum absolute atomic E-state index is 0.108. The van der Waals surface area contributed by atoms with Crippen LogP contribution in [0.15, 0.2) is 36.0 Å². The summed E-state index contributed by atoms with van der Waals surface area (Å²) in [5, 5.41) is 15.8. The van der Waals surface area contributed by atoms with Crippen molar-refractivity contribution in [3.63, 3.8) is 0 Å². The second-order valence-electron chi connectivity index (χ2n) is 6.01. The standard InChI is InChI=1S/C18H22ClN3O/c1-13-4-2-3-5-17(13)21-12-15(10-20)18(23)22-11-14-6-8-16(19)9-7-14/h6-9,12-13,17,21H,2-5,11H2,1H3,(H,22,23)/b15-12-. The van der Waals surface area contributed by atoms with Gasteiger partial charge in [-0.05, 0) is 36.5 Å². The van der Waals surface area contributed by atoms with Crippen molar-refractivity contribution >= 4 is 17.5 Å². The van der Waals surface area contributed by atoms with Crippen molar-refractivity contribution in [1.29, 1.82) is 5.26 Å². The Kier molecular flexibility index (Phi) is 6.49. The van der Waals surface area contributed by atoms with Gasteiger partial charge in [0, 0.05) is 23.8 Å². The fraction of sp³-hybridized carbons (Fsp3) is 0.444. The first-order chi connectivity index (χ1) is 11.1. The lowest BCUT2D eigenvalue weighted by Crippen LogP contribution is -2.35. The molecule has 2 rings (SSSR count). The van der Waals surface area contributed by atoms with E-state index in [4.69, 9.17) is 11.6 Å². The van der Waals surface area contributed by atoms with E-state index in [1.54, 1.807) is 18.3 Å². The highest BCUT2D eigenvalue weighted by Crippen LogP contribution is 2.23. The van der Waals surface area contributed by atoms with Crippen LogP contribution in [0.5, 0.6) is 0 Å². The molecule has 1 aliphatic rings. The molecule has 5 heteroatoms. The SMILES string of the molecule is CC1CCCCC1N/C=C(/C#N)C(=O)NCc1ccc(Cl)cc1. The molecule has 122 valence electrons. The highest BCUT2D eigenvalue weighted by molar-refractivity contribution is 6.30. The Morgan fingerprint density at radius 3 is 2.70 bits per heavy atom. The molecule has 1 aromatic carbocycles. The van der Waals surface area contributed by atoms with Crippen molar-refractivity contribution in [3.8, 4) is 6.07 Å². The summed E-state index contributed by atoms with van der Waals surface area (Å²) in [4.78, 5) is 12.1. The van der Waals surface area contributed by atoms with Crippen molar-refractivity contribution in [2.24, 2.45) is 5.92 Å². The number of nitrogens with one attached hydrogen (secondary N) is 2. The Labute approximate surface area is 142 Å². The Morgan fingerprint density at radius 2 is 2.04 bits per heavy atom. The number of hydrogen-bond donors (Lipinski definition) is 2. The molecule has 1 aromatic rings. The van der Waals surface area contributed by atoms with Gasteiger partial charge in [-0.3, -0.25) is 4.79 Å². The van der Waals surface area contributed by atoms with E-state index >= 15 is 0 Å². The quantitative estimate of drug-likeness (QED) is 0.640. The summed E-state index contributed by atoms with van der Waals surface area (Å²) in [6.07, 6.45) is 6.29. The predicted molar refractivity (Wildman–Crippen MR) is 91.6 cm³/mol. The molecule has 0 bridgehead atoms. The predicted octanol–water partition coefficient (Wildman–Crippen LogP) is 3.53. The molecule has 1 fully saturated rings. The van der Waals surface area contributed by atoms with Gasteiger partial charge in [-0.2, -0.15) is 5.26 Å². The van der Waals surface area contributed by atoms with E-state index < -0.39 is 0 Å². The van der Waals surface area contributed by atoms with Crippen LogP contribution in [0.25, 0.3) is 0 Å². The molecule has 0 aromatic heterocycles. The van der Waals surface area contributed by atoms with Gasteiger partial charge in [-0.25, -0.2) is 0 Å². The summed E-state index contributed by atoms with van der Waals surface area (Å²) in [5.41, 5.74) is 1.05. The summed E-state index contributed by atoms with van der Waals surface area (Å²) in [7, 11) is 0. The lowest BCUT2D eigenvalue weighted by atomic mass is 9.86. The van der Waals surface area contributed by atoms with E-state index in [1.165, 1.54) is 19.3 Å². The van der Waals surface area contributed by atoms with Gasteiger partial charge < -0.3 is 10.6 Å². The van der Waals surface area contributed by atoms with E-state index in [1.807, 2.05) is 18.2 Å². The molecule has 0 saturated heterocycles. The van der Waals surface area contributed by atoms with Crippen molar-refractivity contribution in [2.45, 2.75) is 45.2 Å². The Morgan fingerprint density at radius 1 is 1.35 bits per heavy atom. The van der Waals surface area contributed by atoms with Gasteiger partial charge in [0.05, 0.1) is 0 Å². The molecular weight excluding hydrogens is 310 g/mol. The lowest BCUT2D eigenvalue weighted by Gasteiger charge is -2.29. The van der Waals surface area contributed by atoms with Crippen molar-refractivity contribution < 1.29 is 4.79 Å². The van der Waals surface area contributed by atoms with Crippen LogP contribution in [-0.4, -0.2) is 11.9 Å². The monoisotopic (exact) mass is 331 g/mol. The smallest absolute Gasteiger partial charge is 0.263 e. The summed E-state index contributed by atoms with van der Waals surface area (Å²) >= 11 is 5.83. The van der Waals surface area contributed by atoms with E-state index in [9.17, 15) is 10.1 Å². The number of hydrogen-bond acceptors (Lipinski definition) is 3.